The van der Waals surface area contributed by atoms with E-state index >= 15 is 0 Å². The molecular weight excluding hydrogens is 268 g/mol. The molecule has 0 aromatic carbocycles. The zero-order valence-corrected chi connectivity index (χ0v) is 12.8. The predicted molar refractivity (Wildman–Crippen MR) is 81.1 cm³/mol. The van der Waals surface area contributed by atoms with E-state index in [2.05, 4.69) is 10.6 Å². The fourth-order valence-electron chi connectivity index (χ4n) is 3.68. The third kappa shape index (κ3) is 5.21. The van der Waals surface area contributed by atoms with Crippen LogP contribution in [0.1, 0.15) is 64.2 Å². The highest BCUT2D eigenvalue weighted by atomic mass is 16.4. The molecule has 0 aliphatic heterocycles. The van der Waals surface area contributed by atoms with Gasteiger partial charge in [-0.1, -0.05) is 44.9 Å². The lowest BCUT2D eigenvalue weighted by atomic mass is 9.84. The molecule has 2 fully saturated rings. The zero-order valence-electron chi connectivity index (χ0n) is 12.8. The van der Waals surface area contributed by atoms with Crippen molar-refractivity contribution in [3.8, 4) is 0 Å². The number of aliphatic carboxylic acids is 1. The molecule has 2 amide bonds. The van der Waals surface area contributed by atoms with Gasteiger partial charge in [0.25, 0.3) is 0 Å². The Labute approximate surface area is 126 Å². The first-order valence-electron chi connectivity index (χ1n) is 8.44. The summed E-state index contributed by atoms with van der Waals surface area (Å²) in [4.78, 5) is 23.1. The van der Waals surface area contributed by atoms with E-state index in [9.17, 15) is 14.7 Å². The maximum absolute atomic E-state index is 11.9. The Morgan fingerprint density at radius 2 is 1.62 bits per heavy atom. The van der Waals surface area contributed by atoms with Crippen LogP contribution in [0.15, 0.2) is 0 Å². The minimum absolute atomic E-state index is 0.205. The molecule has 0 bridgehead atoms. The van der Waals surface area contributed by atoms with Crippen LogP contribution in [0.3, 0.4) is 0 Å². The molecule has 0 saturated heterocycles. The Morgan fingerprint density at radius 3 is 2.33 bits per heavy atom. The van der Waals surface area contributed by atoms with Gasteiger partial charge in [0.1, 0.15) is 0 Å². The van der Waals surface area contributed by atoms with Crippen molar-refractivity contribution >= 4 is 12.0 Å². The topological polar surface area (TPSA) is 78.4 Å². The number of amides is 2. The lowest BCUT2D eigenvalue weighted by molar-refractivity contribution is -0.143. The summed E-state index contributed by atoms with van der Waals surface area (Å²) in [6.45, 7) is 0.695. The molecule has 2 aliphatic rings. The van der Waals surface area contributed by atoms with Crippen LogP contribution in [0.4, 0.5) is 4.79 Å². The first-order chi connectivity index (χ1) is 10.2. The van der Waals surface area contributed by atoms with Crippen LogP contribution >= 0.6 is 0 Å². The van der Waals surface area contributed by atoms with Crippen LogP contribution < -0.4 is 10.6 Å². The van der Waals surface area contributed by atoms with Crippen LogP contribution in [-0.2, 0) is 4.79 Å². The predicted octanol–water partition coefficient (Wildman–Crippen LogP) is 2.90. The zero-order chi connectivity index (χ0) is 15.1. The molecule has 2 saturated carbocycles. The van der Waals surface area contributed by atoms with E-state index in [1.165, 1.54) is 32.1 Å². The quantitative estimate of drug-likeness (QED) is 0.730. The summed E-state index contributed by atoms with van der Waals surface area (Å²) >= 11 is 0. The molecule has 5 nitrogen and oxygen atoms in total. The molecule has 2 rings (SSSR count). The summed E-state index contributed by atoms with van der Waals surface area (Å²) < 4.78 is 0. The van der Waals surface area contributed by atoms with Gasteiger partial charge in [0.2, 0.25) is 0 Å². The molecule has 0 radical (unpaired) electrons. The average Bonchev–Trinajstić information content (AvgIpc) is 2.48. The fourth-order valence-corrected chi connectivity index (χ4v) is 3.68. The normalized spacial score (nSPS) is 27.0. The first kappa shape index (κ1) is 16.1. The largest absolute Gasteiger partial charge is 0.481 e. The van der Waals surface area contributed by atoms with Gasteiger partial charge < -0.3 is 15.7 Å². The molecule has 21 heavy (non-hydrogen) atoms. The van der Waals surface area contributed by atoms with E-state index < -0.39 is 11.9 Å². The molecular formula is C16H28N2O3. The lowest BCUT2D eigenvalue weighted by Crippen LogP contribution is -2.49. The van der Waals surface area contributed by atoms with E-state index in [4.69, 9.17) is 0 Å². The number of hydrogen-bond donors (Lipinski definition) is 3. The molecule has 0 aromatic heterocycles. The minimum atomic E-state index is -0.790. The highest BCUT2D eigenvalue weighted by Gasteiger charge is 2.31. The Hall–Kier alpha value is -1.26. The summed E-state index contributed by atoms with van der Waals surface area (Å²) in [5, 5.41) is 14.9. The molecule has 0 aromatic rings. The average molecular weight is 296 g/mol. The summed E-state index contributed by atoms with van der Waals surface area (Å²) in [5.41, 5.74) is 0. The van der Waals surface area contributed by atoms with Gasteiger partial charge in [-0.15, -0.1) is 0 Å². The number of nitrogens with one attached hydrogen (secondary N) is 2. The Morgan fingerprint density at radius 1 is 0.952 bits per heavy atom. The second kappa shape index (κ2) is 8.25. The summed E-state index contributed by atoms with van der Waals surface area (Å²) in [6, 6.07) is -0.421. The van der Waals surface area contributed by atoms with Crippen LogP contribution in [0.2, 0.25) is 0 Å². The Kier molecular flexibility index (Phi) is 6.33. The minimum Gasteiger partial charge on any atom is -0.481 e. The van der Waals surface area contributed by atoms with Gasteiger partial charge in [-0.3, -0.25) is 4.79 Å². The van der Waals surface area contributed by atoms with E-state index in [-0.39, 0.29) is 12.1 Å². The van der Waals surface area contributed by atoms with Gasteiger partial charge in [-0.05, 0) is 25.2 Å². The Balaban J connectivity index is 1.66. The standard InChI is InChI=1S/C16H28N2O3/c19-15(20)13-8-4-5-9-14(13)18-16(21)17-11-10-12-6-2-1-3-7-12/h12-14H,1-11H2,(H,19,20)(H2,17,18,21). The summed E-state index contributed by atoms with van der Waals surface area (Å²) in [7, 11) is 0. The van der Waals surface area contributed by atoms with Gasteiger partial charge in [-0.25, -0.2) is 4.79 Å². The van der Waals surface area contributed by atoms with Crippen LogP contribution in [0, 0.1) is 11.8 Å². The second-order valence-corrected chi connectivity index (χ2v) is 6.53. The van der Waals surface area contributed by atoms with Gasteiger partial charge >= 0.3 is 12.0 Å². The maximum atomic E-state index is 11.9. The SMILES string of the molecule is O=C(NCCC1CCCCC1)NC1CCCCC1C(=O)O. The lowest BCUT2D eigenvalue weighted by Gasteiger charge is -2.29. The number of urea groups is 1. The van der Waals surface area contributed by atoms with Crippen molar-refractivity contribution in [3.05, 3.63) is 0 Å². The van der Waals surface area contributed by atoms with Crippen molar-refractivity contribution in [3.63, 3.8) is 0 Å². The fraction of sp³-hybridized carbons (Fsp3) is 0.875. The monoisotopic (exact) mass is 296 g/mol. The van der Waals surface area contributed by atoms with Crippen molar-refractivity contribution in [2.75, 3.05) is 6.54 Å². The summed E-state index contributed by atoms with van der Waals surface area (Å²) in [5.74, 6) is -0.467. The second-order valence-electron chi connectivity index (χ2n) is 6.53. The molecule has 120 valence electrons. The van der Waals surface area contributed by atoms with Crippen molar-refractivity contribution in [2.45, 2.75) is 70.3 Å². The molecule has 0 heterocycles. The number of carboxylic acids is 1. The molecule has 5 heteroatoms. The molecule has 0 spiro atoms. The van der Waals surface area contributed by atoms with E-state index in [1.807, 2.05) is 0 Å². The van der Waals surface area contributed by atoms with E-state index in [1.54, 1.807) is 0 Å². The van der Waals surface area contributed by atoms with Crippen LogP contribution in [0.25, 0.3) is 0 Å². The molecule has 2 atom stereocenters. The van der Waals surface area contributed by atoms with E-state index in [0.717, 1.165) is 31.6 Å². The van der Waals surface area contributed by atoms with Crippen molar-refractivity contribution in [2.24, 2.45) is 11.8 Å². The van der Waals surface area contributed by atoms with Gasteiger partial charge in [0, 0.05) is 12.6 Å². The maximum Gasteiger partial charge on any atom is 0.315 e. The number of carbonyl (C=O) groups excluding carboxylic acids is 1. The van der Waals surface area contributed by atoms with Crippen LogP contribution in [0.5, 0.6) is 0 Å². The van der Waals surface area contributed by atoms with Crippen molar-refractivity contribution in [1.29, 1.82) is 0 Å². The number of carbonyl (C=O) groups is 2. The van der Waals surface area contributed by atoms with Crippen molar-refractivity contribution in [1.82, 2.24) is 10.6 Å². The highest BCUT2D eigenvalue weighted by molar-refractivity contribution is 5.76. The van der Waals surface area contributed by atoms with Crippen molar-refractivity contribution < 1.29 is 14.7 Å². The summed E-state index contributed by atoms with van der Waals surface area (Å²) in [6.07, 6.45) is 11.0. The first-order valence-corrected chi connectivity index (χ1v) is 8.44. The van der Waals surface area contributed by atoms with Crippen LogP contribution in [-0.4, -0.2) is 29.7 Å². The highest BCUT2D eigenvalue weighted by Crippen LogP contribution is 2.26. The van der Waals surface area contributed by atoms with Gasteiger partial charge in [-0.2, -0.15) is 0 Å². The van der Waals surface area contributed by atoms with Gasteiger partial charge in [0.05, 0.1) is 5.92 Å². The third-order valence-electron chi connectivity index (χ3n) is 4.96. The number of carboxylic acid groups (broad SMARTS) is 1. The van der Waals surface area contributed by atoms with Gasteiger partial charge in [0.15, 0.2) is 0 Å². The third-order valence-corrected chi connectivity index (χ3v) is 4.96. The molecule has 3 N–H and O–H groups in total. The molecule has 2 aliphatic carbocycles. The number of rotatable bonds is 5. The Bertz CT molecular complexity index is 353. The van der Waals surface area contributed by atoms with E-state index in [0.29, 0.717) is 13.0 Å². The molecule has 2 unspecified atom stereocenters. The smallest absolute Gasteiger partial charge is 0.315 e. The number of hydrogen-bond acceptors (Lipinski definition) is 2.